The Balaban J connectivity index is 0.000000175. The number of nitrogens with zero attached hydrogens (tertiary/aromatic N) is 10. The summed E-state index contributed by atoms with van der Waals surface area (Å²) < 4.78 is 0. The number of hydrogen-bond acceptors (Lipinski definition) is 16. The molecule has 0 spiro atoms. The van der Waals surface area contributed by atoms with Crippen molar-refractivity contribution in [3.63, 3.8) is 0 Å². The van der Waals surface area contributed by atoms with Crippen molar-refractivity contribution in [3.05, 3.63) is 182 Å². The van der Waals surface area contributed by atoms with Gasteiger partial charge in [-0.3, -0.25) is 9.97 Å². The number of anilines is 10. The lowest BCUT2D eigenvalue weighted by Gasteiger charge is -2.37. The SMILES string of the molecule is Cc1cc(Nc2cc(N3CCC(NC(C)(C)C)CC3)c3ccccc3n2)ccc1Nc1nccc(-c2cccnc2)n1.Cc1cc(Nc2cc(N3CCC(NC(C)(C)C)CC3)c3ccccc3n2)ccc1Nc1nccc(-c2cccnc2)n1. The van der Waals surface area contributed by atoms with Crippen LogP contribution in [-0.4, -0.2) is 89.2 Å². The van der Waals surface area contributed by atoms with Crippen LogP contribution in [0, 0.1) is 13.8 Å². The third kappa shape index (κ3) is 14.5. The Morgan fingerprint density at radius 3 is 1.23 bits per heavy atom. The largest absolute Gasteiger partial charge is 0.371 e. The van der Waals surface area contributed by atoms with Gasteiger partial charge in [0.15, 0.2) is 0 Å². The fourth-order valence-electron chi connectivity index (χ4n) is 11.2. The van der Waals surface area contributed by atoms with Gasteiger partial charge in [-0.1, -0.05) is 36.4 Å². The predicted octanol–water partition coefficient (Wildman–Crippen LogP) is 14.5. The number of nitrogens with one attached hydrogen (secondary N) is 6. The fourth-order valence-corrected chi connectivity index (χ4v) is 11.2. The van der Waals surface area contributed by atoms with Gasteiger partial charge in [0, 0.05) is 155 Å². The molecule has 2 saturated heterocycles. The zero-order chi connectivity index (χ0) is 58.2. The van der Waals surface area contributed by atoms with E-state index in [1.807, 2.05) is 48.5 Å². The summed E-state index contributed by atoms with van der Waals surface area (Å²) >= 11 is 0. The van der Waals surface area contributed by atoms with E-state index < -0.39 is 0 Å². The Morgan fingerprint density at radius 2 is 0.845 bits per heavy atom. The molecule has 0 aliphatic carbocycles. The molecular weight excluding hydrogens is 1040 g/mol. The third-order valence-electron chi connectivity index (χ3n) is 15.1. The smallest absolute Gasteiger partial charge is 0.227 e. The molecular formula is C68H76N16. The Hall–Kier alpha value is -9.12. The molecule has 8 heterocycles. The molecule has 0 saturated carbocycles. The van der Waals surface area contributed by atoms with Gasteiger partial charge in [0.2, 0.25) is 11.9 Å². The van der Waals surface area contributed by atoms with Gasteiger partial charge >= 0.3 is 0 Å². The predicted molar refractivity (Wildman–Crippen MR) is 346 cm³/mol. The van der Waals surface area contributed by atoms with Crippen molar-refractivity contribution >= 4 is 79.5 Å². The van der Waals surface area contributed by atoms with Gasteiger partial charge in [-0.2, -0.15) is 0 Å². The lowest BCUT2D eigenvalue weighted by molar-refractivity contribution is 0.317. The molecule has 0 unspecified atom stereocenters. The molecule has 2 aliphatic rings. The first-order valence-corrected chi connectivity index (χ1v) is 29.2. The second-order valence-corrected chi connectivity index (χ2v) is 24.0. The maximum absolute atomic E-state index is 4.96. The van der Waals surface area contributed by atoms with E-state index in [2.05, 4.69) is 212 Å². The summed E-state index contributed by atoms with van der Waals surface area (Å²) in [5.41, 5.74) is 14.3. The molecule has 2 aliphatic heterocycles. The minimum absolute atomic E-state index is 0.132. The molecule has 12 rings (SSSR count). The van der Waals surface area contributed by atoms with Crippen LogP contribution in [-0.2, 0) is 0 Å². The van der Waals surface area contributed by atoms with Crippen molar-refractivity contribution in [2.45, 2.75) is 104 Å². The Bertz CT molecular complexity index is 3590. The van der Waals surface area contributed by atoms with E-state index in [1.165, 1.54) is 22.1 Å². The minimum atomic E-state index is 0.132. The molecule has 16 nitrogen and oxygen atoms in total. The molecule has 428 valence electrons. The highest BCUT2D eigenvalue weighted by molar-refractivity contribution is 5.95. The van der Waals surface area contributed by atoms with Crippen LogP contribution in [0.2, 0.25) is 0 Å². The van der Waals surface area contributed by atoms with Gasteiger partial charge < -0.3 is 41.7 Å². The Kier molecular flexibility index (Phi) is 17.0. The van der Waals surface area contributed by atoms with Crippen molar-refractivity contribution in [1.82, 2.24) is 50.5 Å². The number of piperidine rings is 2. The first-order valence-electron chi connectivity index (χ1n) is 29.2. The highest BCUT2D eigenvalue weighted by atomic mass is 15.2. The molecule has 0 bridgehead atoms. The molecule has 0 radical (unpaired) electrons. The quantitative estimate of drug-likeness (QED) is 0.0604. The Labute approximate surface area is 493 Å². The standard InChI is InChI=1S/2C34H38N8/c2*1-23-20-26(11-12-28(23)39-33-36-17-13-29(40-33)24-8-7-16-35-22-24)37-32-21-31(27-9-5-6-10-30(27)38-32)42-18-14-25(15-19-42)41-34(2,3)4/h2*5-13,16-17,20-22,25,41H,14-15,18-19H2,1-4H3,(H,37,38)(H,36,39,40). The second kappa shape index (κ2) is 25.2. The molecule has 4 aromatic carbocycles. The first-order chi connectivity index (χ1) is 40.6. The summed E-state index contributed by atoms with van der Waals surface area (Å²) in [6.07, 6.45) is 15.1. The van der Waals surface area contributed by atoms with Gasteiger partial charge in [-0.15, -0.1) is 0 Å². The van der Waals surface area contributed by atoms with Gasteiger partial charge in [-0.05, 0) is 177 Å². The Morgan fingerprint density at radius 1 is 0.429 bits per heavy atom. The second-order valence-electron chi connectivity index (χ2n) is 24.0. The number of hydrogen-bond donors (Lipinski definition) is 6. The van der Waals surface area contributed by atoms with Gasteiger partial charge in [0.05, 0.1) is 22.4 Å². The van der Waals surface area contributed by atoms with E-state index in [-0.39, 0.29) is 11.1 Å². The summed E-state index contributed by atoms with van der Waals surface area (Å²) in [5.74, 6) is 2.77. The molecule has 16 heteroatoms. The average molecular weight is 1120 g/mol. The maximum Gasteiger partial charge on any atom is 0.227 e. The number of aromatic nitrogens is 8. The monoisotopic (exact) mass is 1120 g/mol. The number of fused-ring (bicyclic) bond motifs is 2. The lowest BCUT2D eigenvalue weighted by Crippen LogP contribution is -2.49. The van der Waals surface area contributed by atoms with E-state index in [1.54, 1.807) is 37.2 Å². The average Bonchev–Trinajstić information content (AvgIpc) is 3.58. The summed E-state index contributed by atoms with van der Waals surface area (Å²) in [7, 11) is 0. The van der Waals surface area contributed by atoms with E-state index in [4.69, 9.17) is 9.97 Å². The van der Waals surface area contributed by atoms with Crippen molar-refractivity contribution < 1.29 is 0 Å². The van der Waals surface area contributed by atoms with Gasteiger partial charge in [0.1, 0.15) is 11.6 Å². The van der Waals surface area contributed by atoms with Gasteiger partial charge in [0.25, 0.3) is 0 Å². The van der Waals surface area contributed by atoms with Crippen LogP contribution in [0.5, 0.6) is 0 Å². The molecule has 0 atom stereocenters. The van der Waals surface area contributed by atoms with Crippen LogP contribution in [0.15, 0.2) is 171 Å². The highest BCUT2D eigenvalue weighted by Crippen LogP contribution is 2.36. The van der Waals surface area contributed by atoms with Crippen LogP contribution >= 0.6 is 0 Å². The zero-order valence-electron chi connectivity index (χ0n) is 49.4. The molecule has 84 heavy (non-hydrogen) atoms. The summed E-state index contributed by atoms with van der Waals surface area (Å²) in [6.45, 7) is 21.7. The van der Waals surface area contributed by atoms with E-state index in [0.717, 1.165) is 131 Å². The normalized spacial score (nSPS) is 14.2. The minimum Gasteiger partial charge on any atom is -0.371 e. The van der Waals surface area contributed by atoms with Crippen LogP contribution in [0.3, 0.4) is 0 Å². The number of benzene rings is 4. The van der Waals surface area contributed by atoms with Crippen molar-refractivity contribution in [1.29, 1.82) is 0 Å². The molecule has 2 fully saturated rings. The van der Waals surface area contributed by atoms with Crippen molar-refractivity contribution in [3.8, 4) is 22.5 Å². The van der Waals surface area contributed by atoms with Crippen LogP contribution in [0.25, 0.3) is 44.3 Å². The number of pyridine rings is 4. The first kappa shape index (κ1) is 56.7. The summed E-state index contributed by atoms with van der Waals surface area (Å²) in [4.78, 5) is 41.5. The molecule has 10 aromatic rings. The molecule has 6 aromatic heterocycles. The maximum atomic E-state index is 4.96. The zero-order valence-corrected chi connectivity index (χ0v) is 49.4. The van der Waals surface area contributed by atoms with Gasteiger partial charge in [-0.25, -0.2) is 29.9 Å². The topological polar surface area (TPSA) is 182 Å². The van der Waals surface area contributed by atoms with Crippen molar-refractivity contribution in [2.75, 3.05) is 57.2 Å². The lowest BCUT2D eigenvalue weighted by atomic mass is 9.99. The highest BCUT2D eigenvalue weighted by Gasteiger charge is 2.26. The van der Waals surface area contributed by atoms with Crippen molar-refractivity contribution in [2.24, 2.45) is 0 Å². The number of rotatable bonds is 14. The summed E-state index contributed by atoms with van der Waals surface area (Å²) in [5, 5.41) is 23.8. The van der Waals surface area contributed by atoms with E-state index >= 15 is 0 Å². The third-order valence-corrected chi connectivity index (χ3v) is 15.1. The van der Waals surface area contributed by atoms with Crippen LogP contribution in [0.1, 0.15) is 78.4 Å². The number of para-hydroxylation sites is 2. The fraction of sp³-hybridized carbons (Fsp3) is 0.294. The van der Waals surface area contributed by atoms with Crippen LogP contribution in [0.4, 0.5) is 57.7 Å². The summed E-state index contributed by atoms with van der Waals surface area (Å²) in [6, 6.07) is 46.3. The number of aryl methyl sites for hydroxylation is 2. The van der Waals surface area contributed by atoms with Crippen LogP contribution < -0.4 is 41.7 Å². The molecule has 6 N–H and O–H groups in total. The van der Waals surface area contributed by atoms with E-state index in [9.17, 15) is 0 Å². The van der Waals surface area contributed by atoms with E-state index in [0.29, 0.717) is 24.0 Å². The molecule has 0 amide bonds.